The molecule has 1 unspecified atom stereocenters. The monoisotopic (exact) mass is 284 g/mol. The summed E-state index contributed by atoms with van der Waals surface area (Å²) < 4.78 is 5.37. The molecule has 1 aromatic carbocycles. The minimum absolute atomic E-state index is 0.0909. The number of rotatable bonds is 3. The fourth-order valence-electron chi connectivity index (χ4n) is 2.20. The maximum Gasteiger partial charge on any atom is 0.143 e. The molecule has 0 aliphatic heterocycles. The van der Waals surface area contributed by atoms with E-state index < -0.39 is 0 Å². The first-order valence-electron chi connectivity index (χ1n) is 6.53. The summed E-state index contributed by atoms with van der Waals surface area (Å²) in [6.45, 7) is 4.05. The van der Waals surface area contributed by atoms with Crippen molar-refractivity contribution in [2.45, 2.75) is 20.0 Å². The minimum Gasteiger partial charge on any atom is -0.377 e. The maximum absolute atomic E-state index is 5.37. The molecule has 0 amide bonds. The van der Waals surface area contributed by atoms with Crippen LogP contribution in [0.15, 0.2) is 36.5 Å². The number of nitrogens with zero attached hydrogens (tertiary/aromatic N) is 2. The van der Waals surface area contributed by atoms with Crippen molar-refractivity contribution in [3.05, 3.63) is 47.1 Å². The van der Waals surface area contributed by atoms with Crippen molar-refractivity contribution in [1.82, 2.24) is 9.97 Å². The van der Waals surface area contributed by atoms with Gasteiger partial charge in [-0.25, -0.2) is 9.97 Å². The average molecular weight is 284 g/mol. The summed E-state index contributed by atoms with van der Waals surface area (Å²) >= 11 is 1.63. The van der Waals surface area contributed by atoms with Crippen LogP contribution < -0.4 is 0 Å². The third-order valence-corrected chi connectivity index (χ3v) is 4.29. The van der Waals surface area contributed by atoms with E-state index in [1.165, 1.54) is 5.56 Å². The van der Waals surface area contributed by atoms with Crippen molar-refractivity contribution < 1.29 is 4.74 Å². The highest BCUT2D eigenvalue weighted by molar-refractivity contribution is 7.18. The summed E-state index contributed by atoms with van der Waals surface area (Å²) in [6, 6.07) is 10.5. The van der Waals surface area contributed by atoms with Crippen LogP contribution in [-0.4, -0.2) is 17.1 Å². The number of pyridine rings is 1. The molecule has 0 radical (unpaired) electrons. The van der Waals surface area contributed by atoms with Crippen LogP contribution in [0.25, 0.3) is 21.5 Å². The number of fused-ring (bicyclic) bond motifs is 1. The molecule has 0 saturated carbocycles. The third kappa shape index (κ3) is 2.44. The number of ether oxygens (including phenoxy) is 1. The van der Waals surface area contributed by atoms with Gasteiger partial charge in [-0.3, -0.25) is 0 Å². The lowest BCUT2D eigenvalue weighted by atomic mass is 10.0. The summed E-state index contributed by atoms with van der Waals surface area (Å²) in [5.74, 6) is 0. The Morgan fingerprint density at radius 3 is 2.85 bits per heavy atom. The first-order chi connectivity index (χ1) is 9.67. The lowest BCUT2D eigenvalue weighted by Crippen LogP contribution is -1.95. The molecule has 0 N–H and O–H groups in total. The first kappa shape index (κ1) is 13.2. The lowest BCUT2D eigenvalue weighted by Gasteiger charge is -2.11. The topological polar surface area (TPSA) is 35.0 Å². The smallest absolute Gasteiger partial charge is 0.143 e. The van der Waals surface area contributed by atoms with E-state index in [0.29, 0.717) is 0 Å². The van der Waals surface area contributed by atoms with Crippen molar-refractivity contribution in [3.8, 4) is 11.1 Å². The van der Waals surface area contributed by atoms with Crippen molar-refractivity contribution in [3.63, 3.8) is 0 Å². The van der Waals surface area contributed by atoms with Crippen LogP contribution >= 0.6 is 11.3 Å². The van der Waals surface area contributed by atoms with E-state index in [-0.39, 0.29) is 6.10 Å². The van der Waals surface area contributed by atoms with Crippen molar-refractivity contribution in [1.29, 1.82) is 0 Å². The fourth-order valence-corrected chi connectivity index (χ4v) is 2.94. The van der Waals surface area contributed by atoms with Gasteiger partial charge in [-0.15, -0.1) is 0 Å². The second kappa shape index (κ2) is 5.31. The predicted octanol–water partition coefficient (Wildman–Crippen LogP) is 4.37. The molecule has 3 rings (SSSR count). The van der Waals surface area contributed by atoms with Crippen LogP contribution in [0, 0.1) is 6.92 Å². The summed E-state index contributed by atoms with van der Waals surface area (Å²) in [5, 5.41) is 1.05. The zero-order chi connectivity index (χ0) is 14.1. The van der Waals surface area contributed by atoms with Gasteiger partial charge in [-0.2, -0.15) is 0 Å². The lowest BCUT2D eigenvalue weighted by molar-refractivity contribution is 0.119. The molecule has 102 valence electrons. The van der Waals surface area contributed by atoms with Crippen molar-refractivity contribution in [2.24, 2.45) is 0 Å². The summed E-state index contributed by atoms with van der Waals surface area (Å²) in [4.78, 5) is 10.00. The van der Waals surface area contributed by atoms with Crippen LogP contribution in [0.4, 0.5) is 0 Å². The number of methoxy groups -OCH3 is 1. The normalized spacial score (nSPS) is 12.8. The number of benzene rings is 1. The van der Waals surface area contributed by atoms with Gasteiger partial charge in [-0.1, -0.05) is 29.5 Å². The molecule has 0 spiro atoms. The molecular formula is C16H16N2OS. The van der Waals surface area contributed by atoms with E-state index in [1.807, 2.05) is 20.0 Å². The van der Waals surface area contributed by atoms with Gasteiger partial charge >= 0.3 is 0 Å². The van der Waals surface area contributed by atoms with E-state index in [0.717, 1.165) is 26.5 Å². The van der Waals surface area contributed by atoms with Crippen LogP contribution in [0.1, 0.15) is 23.6 Å². The number of hydrogen-bond donors (Lipinski definition) is 0. The molecule has 2 aromatic heterocycles. The van der Waals surface area contributed by atoms with E-state index in [4.69, 9.17) is 4.74 Å². The Hall–Kier alpha value is -1.78. The fraction of sp³-hybridized carbons (Fsp3) is 0.250. The standard InChI is InChI=1S/C16H16N2OS/c1-10(19-3)12-5-4-6-13(7-12)14-8-15-16(17-9-14)20-11(2)18-15/h4-10H,1-3H3. The summed E-state index contributed by atoms with van der Waals surface area (Å²) in [7, 11) is 1.73. The van der Waals surface area contributed by atoms with Gasteiger partial charge in [0.1, 0.15) is 10.3 Å². The van der Waals surface area contributed by atoms with Crippen molar-refractivity contribution in [2.75, 3.05) is 7.11 Å². The Morgan fingerprint density at radius 2 is 2.05 bits per heavy atom. The van der Waals surface area contributed by atoms with E-state index >= 15 is 0 Å². The molecule has 3 aromatic rings. The Kier molecular flexibility index (Phi) is 3.51. The molecule has 0 bridgehead atoms. The van der Waals surface area contributed by atoms with E-state index in [2.05, 4.69) is 40.3 Å². The Morgan fingerprint density at radius 1 is 1.20 bits per heavy atom. The first-order valence-corrected chi connectivity index (χ1v) is 7.35. The van der Waals surface area contributed by atoms with Gasteiger partial charge in [0.2, 0.25) is 0 Å². The Labute approximate surface area is 122 Å². The zero-order valence-corrected chi connectivity index (χ0v) is 12.6. The quantitative estimate of drug-likeness (QED) is 0.716. The SMILES string of the molecule is COC(C)c1cccc(-c2cnc3sc(C)nc3c2)c1. The molecule has 4 heteroatoms. The summed E-state index contributed by atoms with van der Waals surface area (Å²) in [5.41, 5.74) is 4.37. The second-order valence-corrected chi connectivity index (χ2v) is 5.97. The Bertz CT molecular complexity index is 751. The average Bonchev–Trinajstić information content (AvgIpc) is 2.85. The van der Waals surface area contributed by atoms with Crippen molar-refractivity contribution >= 4 is 21.7 Å². The molecule has 0 saturated heterocycles. The van der Waals surface area contributed by atoms with Crippen LogP contribution in [0.5, 0.6) is 0 Å². The molecular weight excluding hydrogens is 268 g/mol. The largest absolute Gasteiger partial charge is 0.377 e. The van der Waals surface area contributed by atoms with Crippen LogP contribution in [0.2, 0.25) is 0 Å². The molecule has 0 aliphatic carbocycles. The molecule has 0 aliphatic rings. The maximum atomic E-state index is 5.37. The van der Waals surface area contributed by atoms with Gasteiger partial charge in [0, 0.05) is 18.9 Å². The van der Waals surface area contributed by atoms with Crippen LogP contribution in [-0.2, 0) is 4.74 Å². The number of aryl methyl sites for hydroxylation is 1. The van der Waals surface area contributed by atoms with Gasteiger partial charge in [0.05, 0.1) is 11.1 Å². The van der Waals surface area contributed by atoms with Crippen LogP contribution in [0.3, 0.4) is 0 Å². The number of thiazole rings is 1. The highest BCUT2D eigenvalue weighted by Gasteiger charge is 2.08. The van der Waals surface area contributed by atoms with Gasteiger partial charge in [0.15, 0.2) is 0 Å². The minimum atomic E-state index is 0.0909. The molecule has 20 heavy (non-hydrogen) atoms. The number of aromatic nitrogens is 2. The van der Waals surface area contributed by atoms with Gasteiger partial charge < -0.3 is 4.74 Å². The molecule has 2 heterocycles. The molecule has 3 nitrogen and oxygen atoms in total. The van der Waals surface area contributed by atoms with E-state index in [1.54, 1.807) is 18.4 Å². The van der Waals surface area contributed by atoms with E-state index in [9.17, 15) is 0 Å². The Balaban J connectivity index is 2.05. The third-order valence-electron chi connectivity index (χ3n) is 3.40. The molecule has 1 atom stereocenters. The highest BCUT2D eigenvalue weighted by atomic mass is 32.1. The highest BCUT2D eigenvalue weighted by Crippen LogP contribution is 2.27. The zero-order valence-electron chi connectivity index (χ0n) is 11.8. The predicted molar refractivity (Wildman–Crippen MR) is 83.0 cm³/mol. The second-order valence-electron chi connectivity index (χ2n) is 4.78. The molecule has 0 fully saturated rings. The number of hydrogen-bond acceptors (Lipinski definition) is 4. The van der Waals surface area contributed by atoms with Gasteiger partial charge in [-0.05, 0) is 37.1 Å². The van der Waals surface area contributed by atoms with Gasteiger partial charge in [0.25, 0.3) is 0 Å². The summed E-state index contributed by atoms with van der Waals surface area (Å²) in [6.07, 6.45) is 2.00.